The molecule has 110 valence electrons. The molecule has 1 unspecified atom stereocenters. The maximum absolute atomic E-state index is 5.22. The van der Waals surface area contributed by atoms with Crippen molar-refractivity contribution in [2.24, 2.45) is 7.05 Å². The second-order valence-electron chi connectivity index (χ2n) is 6.07. The number of methoxy groups -OCH3 is 1. The van der Waals surface area contributed by atoms with Gasteiger partial charge in [0.25, 0.3) is 0 Å². The summed E-state index contributed by atoms with van der Waals surface area (Å²) in [4.78, 5) is 0. The van der Waals surface area contributed by atoms with Gasteiger partial charge in [-0.15, -0.1) is 0 Å². The quantitative estimate of drug-likeness (QED) is 0.781. The highest BCUT2D eigenvalue weighted by Crippen LogP contribution is 2.34. The third-order valence-corrected chi connectivity index (χ3v) is 4.60. The van der Waals surface area contributed by atoms with E-state index in [1.54, 1.807) is 18.2 Å². The normalized spacial score (nSPS) is 17.3. The number of pyridine rings is 1. The Bertz CT molecular complexity index is 603. The van der Waals surface area contributed by atoms with Gasteiger partial charge in [-0.3, -0.25) is 0 Å². The van der Waals surface area contributed by atoms with E-state index in [9.17, 15) is 0 Å². The Morgan fingerprint density at radius 1 is 1.19 bits per heavy atom. The predicted octanol–water partition coefficient (Wildman–Crippen LogP) is 3.57. The molecule has 0 fully saturated rings. The zero-order valence-electron chi connectivity index (χ0n) is 13.0. The molecule has 1 aromatic carbocycles. The van der Waals surface area contributed by atoms with E-state index in [2.05, 4.69) is 54.3 Å². The number of aromatic nitrogens is 1. The van der Waals surface area contributed by atoms with Gasteiger partial charge in [0.1, 0.15) is 12.8 Å². The fourth-order valence-corrected chi connectivity index (χ4v) is 3.40. The first-order valence-electron chi connectivity index (χ1n) is 7.87. The number of aryl methyl sites for hydroxylation is 3. The summed E-state index contributed by atoms with van der Waals surface area (Å²) in [5.41, 5.74) is 4.53. The van der Waals surface area contributed by atoms with Gasteiger partial charge >= 0.3 is 0 Å². The second kappa shape index (κ2) is 6.30. The van der Waals surface area contributed by atoms with Crippen molar-refractivity contribution in [2.75, 3.05) is 7.11 Å². The van der Waals surface area contributed by atoms with Gasteiger partial charge in [-0.05, 0) is 61.3 Å². The van der Waals surface area contributed by atoms with Crippen molar-refractivity contribution < 1.29 is 9.30 Å². The first-order valence-corrected chi connectivity index (χ1v) is 7.87. The SMILES string of the molecule is COc1ccc(CCC2CCCc3c[n+](C)ccc32)cc1. The van der Waals surface area contributed by atoms with Crippen LogP contribution in [0.4, 0.5) is 0 Å². The maximum atomic E-state index is 5.22. The maximum Gasteiger partial charge on any atom is 0.171 e. The van der Waals surface area contributed by atoms with Gasteiger partial charge in [0.05, 0.1) is 7.11 Å². The Hall–Kier alpha value is -1.83. The van der Waals surface area contributed by atoms with Gasteiger partial charge < -0.3 is 4.74 Å². The van der Waals surface area contributed by atoms with E-state index in [0.717, 1.165) is 18.1 Å². The molecule has 2 aromatic rings. The summed E-state index contributed by atoms with van der Waals surface area (Å²) < 4.78 is 7.39. The van der Waals surface area contributed by atoms with Crippen molar-refractivity contribution in [1.29, 1.82) is 0 Å². The van der Waals surface area contributed by atoms with E-state index in [1.165, 1.54) is 31.2 Å². The molecule has 0 saturated heterocycles. The molecular formula is C19H24NO+. The molecule has 0 bridgehead atoms. The van der Waals surface area contributed by atoms with Gasteiger partial charge in [-0.1, -0.05) is 12.1 Å². The summed E-state index contributed by atoms with van der Waals surface area (Å²) in [7, 11) is 3.83. The van der Waals surface area contributed by atoms with Crippen LogP contribution in [0.25, 0.3) is 0 Å². The molecule has 1 aromatic heterocycles. The van der Waals surface area contributed by atoms with E-state index in [-0.39, 0.29) is 0 Å². The highest BCUT2D eigenvalue weighted by atomic mass is 16.5. The number of ether oxygens (including phenoxy) is 1. The van der Waals surface area contributed by atoms with Crippen LogP contribution in [0.5, 0.6) is 5.75 Å². The lowest BCUT2D eigenvalue weighted by atomic mass is 9.81. The first kappa shape index (κ1) is 14.1. The van der Waals surface area contributed by atoms with E-state index in [0.29, 0.717) is 0 Å². The average molecular weight is 282 g/mol. The molecule has 0 saturated carbocycles. The van der Waals surface area contributed by atoms with Crippen LogP contribution in [0.2, 0.25) is 0 Å². The third-order valence-electron chi connectivity index (χ3n) is 4.60. The Morgan fingerprint density at radius 2 is 2.00 bits per heavy atom. The van der Waals surface area contributed by atoms with E-state index < -0.39 is 0 Å². The standard InChI is InChI=1S/C19H24NO/c1-20-13-12-19-16(4-3-5-17(19)14-20)9-6-15-7-10-18(21-2)11-8-15/h7-8,10-14,16H,3-6,9H2,1-2H3/q+1. The summed E-state index contributed by atoms with van der Waals surface area (Å²) in [5, 5.41) is 0. The van der Waals surface area contributed by atoms with E-state index in [4.69, 9.17) is 4.74 Å². The minimum absolute atomic E-state index is 0.719. The molecule has 0 N–H and O–H groups in total. The molecule has 0 aliphatic heterocycles. The molecule has 0 radical (unpaired) electrons. The fraction of sp³-hybridized carbons (Fsp3) is 0.421. The monoisotopic (exact) mass is 282 g/mol. The zero-order valence-corrected chi connectivity index (χ0v) is 13.0. The Balaban J connectivity index is 1.68. The fourth-order valence-electron chi connectivity index (χ4n) is 3.40. The van der Waals surface area contributed by atoms with Crippen molar-refractivity contribution in [3.8, 4) is 5.75 Å². The van der Waals surface area contributed by atoms with Crippen molar-refractivity contribution in [1.82, 2.24) is 0 Å². The summed E-state index contributed by atoms with van der Waals surface area (Å²) in [6.45, 7) is 0. The van der Waals surface area contributed by atoms with E-state index in [1.807, 2.05) is 0 Å². The molecule has 0 amide bonds. The topological polar surface area (TPSA) is 13.1 Å². The molecule has 2 nitrogen and oxygen atoms in total. The molecule has 3 rings (SSSR count). The lowest BCUT2D eigenvalue weighted by Crippen LogP contribution is -2.29. The second-order valence-corrected chi connectivity index (χ2v) is 6.07. The summed E-state index contributed by atoms with van der Waals surface area (Å²) in [6, 6.07) is 10.8. The molecule has 1 aliphatic rings. The van der Waals surface area contributed by atoms with Crippen molar-refractivity contribution in [2.45, 2.75) is 38.0 Å². The van der Waals surface area contributed by atoms with Gasteiger partial charge in [-0.2, -0.15) is 0 Å². The smallest absolute Gasteiger partial charge is 0.171 e. The molecule has 1 atom stereocenters. The number of hydrogen-bond acceptors (Lipinski definition) is 1. The summed E-state index contributed by atoms with van der Waals surface area (Å²) in [5.74, 6) is 1.66. The Kier molecular flexibility index (Phi) is 4.23. The minimum Gasteiger partial charge on any atom is -0.497 e. The molecule has 1 aliphatic carbocycles. The van der Waals surface area contributed by atoms with Crippen LogP contribution in [0.1, 0.15) is 41.9 Å². The van der Waals surface area contributed by atoms with Gasteiger partial charge in [0.15, 0.2) is 12.4 Å². The number of benzene rings is 1. The van der Waals surface area contributed by atoms with E-state index >= 15 is 0 Å². The van der Waals surface area contributed by atoms with Crippen LogP contribution in [-0.2, 0) is 19.9 Å². The highest BCUT2D eigenvalue weighted by molar-refractivity contribution is 5.30. The molecular weight excluding hydrogens is 258 g/mol. The minimum atomic E-state index is 0.719. The van der Waals surface area contributed by atoms with Crippen LogP contribution >= 0.6 is 0 Å². The Labute approximate surface area is 127 Å². The van der Waals surface area contributed by atoms with Crippen LogP contribution in [0.15, 0.2) is 42.7 Å². The number of hydrogen-bond donors (Lipinski definition) is 0. The molecule has 21 heavy (non-hydrogen) atoms. The predicted molar refractivity (Wildman–Crippen MR) is 84.6 cm³/mol. The number of nitrogens with zero attached hydrogens (tertiary/aromatic N) is 1. The van der Waals surface area contributed by atoms with Gasteiger partial charge in [0.2, 0.25) is 0 Å². The van der Waals surface area contributed by atoms with Crippen molar-refractivity contribution in [3.63, 3.8) is 0 Å². The van der Waals surface area contributed by atoms with Crippen molar-refractivity contribution in [3.05, 3.63) is 59.4 Å². The van der Waals surface area contributed by atoms with Gasteiger partial charge in [-0.25, -0.2) is 4.57 Å². The molecule has 1 heterocycles. The summed E-state index contributed by atoms with van der Waals surface area (Å²) in [6.07, 6.45) is 10.8. The van der Waals surface area contributed by atoms with Crippen LogP contribution < -0.4 is 9.30 Å². The summed E-state index contributed by atoms with van der Waals surface area (Å²) >= 11 is 0. The number of rotatable bonds is 4. The highest BCUT2D eigenvalue weighted by Gasteiger charge is 2.21. The van der Waals surface area contributed by atoms with Crippen molar-refractivity contribution >= 4 is 0 Å². The molecule has 0 spiro atoms. The number of fused-ring (bicyclic) bond motifs is 1. The first-order chi connectivity index (χ1) is 10.3. The largest absolute Gasteiger partial charge is 0.497 e. The lowest BCUT2D eigenvalue weighted by Gasteiger charge is -2.24. The molecule has 2 heteroatoms. The zero-order chi connectivity index (χ0) is 14.7. The average Bonchev–Trinajstić information content (AvgIpc) is 2.53. The lowest BCUT2D eigenvalue weighted by molar-refractivity contribution is -0.672. The third kappa shape index (κ3) is 3.26. The van der Waals surface area contributed by atoms with Crippen LogP contribution in [0.3, 0.4) is 0 Å². The van der Waals surface area contributed by atoms with Crippen LogP contribution in [-0.4, -0.2) is 7.11 Å². The van der Waals surface area contributed by atoms with Crippen LogP contribution in [0, 0.1) is 0 Å². The van der Waals surface area contributed by atoms with Gasteiger partial charge in [0, 0.05) is 11.6 Å². The Morgan fingerprint density at radius 3 is 2.76 bits per heavy atom.